The standard InChI is InChI=1S/C20H27N3O2.HI/c1-2-24-14-6-13-22-20(21)23-15-17-9-11-18(12-10-17)16-25-19-7-4-3-5-8-19;/h3-5,7-12H,2,6,13-16H2,1H3,(H3,21,22,23);1H. The van der Waals surface area contributed by atoms with Gasteiger partial charge in [-0.05, 0) is 36.6 Å². The SMILES string of the molecule is CCOCCCNC(N)=NCc1ccc(COc2ccccc2)cc1.I. The van der Waals surface area contributed by atoms with E-state index in [-0.39, 0.29) is 24.0 Å². The second kappa shape index (κ2) is 13.4. The Hall–Kier alpha value is -1.80. The molecule has 0 atom stereocenters. The van der Waals surface area contributed by atoms with Crippen molar-refractivity contribution in [1.29, 1.82) is 0 Å². The van der Waals surface area contributed by atoms with E-state index in [4.69, 9.17) is 15.2 Å². The fraction of sp³-hybridized carbons (Fsp3) is 0.350. The summed E-state index contributed by atoms with van der Waals surface area (Å²) in [5, 5.41) is 3.09. The van der Waals surface area contributed by atoms with Gasteiger partial charge in [-0.15, -0.1) is 24.0 Å². The van der Waals surface area contributed by atoms with Gasteiger partial charge in [-0.3, -0.25) is 0 Å². The molecule has 0 unspecified atom stereocenters. The van der Waals surface area contributed by atoms with Crippen molar-refractivity contribution < 1.29 is 9.47 Å². The predicted octanol–water partition coefficient (Wildman–Crippen LogP) is 3.71. The lowest BCUT2D eigenvalue weighted by Gasteiger charge is -2.07. The van der Waals surface area contributed by atoms with Gasteiger partial charge in [0.1, 0.15) is 12.4 Å². The summed E-state index contributed by atoms with van der Waals surface area (Å²) in [4.78, 5) is 4.35. The third-order valence-electron chi connectivity index (χ3n) is 3.58. The van der Waals surface area contributed by atoms with Gasteiger partial charge in [0.2, 0.25) is 0 Å². The number of hydrogen-bond acceptors (Lipinski definition) is 3. The van der Waals surface area contributed by atoms with Gasteiger partial charge < -0.3 is 20.5 Å². The maximum absolute atomic E-state index is 5.86. The molecule has 26 heavy (non-hydrogen) atoms. The van der Waals surface area contributed by atoms with E-state index in [0.29, 0.717) is 19.1 Å². The van der Waals surface area contributed by atoms with Gasteiger partial charge in [-0.25, -0.2) is 4.99 Å². The first kappa shape index (κ1) is 22.2. The van der Waals surface area contributed by atoms with Crippen molar-refractivity contribution in [1.82, 2.24) is 5.32 Å². The van der Waals surface area contributed by atoms with Crippen molar-refractivity contribution in [3.05, 3.63) is 65.7 Å². The van der Waals surface area contributed by atoms with Crippen LogP contribution in [0.15, 0.2) is 59.6 Å². The number of aliphatic imine (C=N–C) groups is 1. The summed E-state index contributed by atoms with van der Waals surface area (Å²) in [6.45, 7) is 5.36. The molecule has 0 spiro atoms. The van der Waals surface area contributed by atoms with Crippen LogP contribution in [0.5, 0.6) is 5.75 Å². The van der Waals surface area contributed by atoms with Crippen LogP contribution in [0, 0.1) is 0 Å². The average Bonchev–Trinajstić information content (AvgIpc) is 2.66. The molecule has 3 N–H and O–H groups in total. The van der Waals surface area contributed by atoms with Gasteiger partial charge in [0, 0.05) is 19.8 Å². The molecule has 2 rings (SSSR count). The molecule has 0 saturated heterocycles. The molecule has 0 aromatic heterocycles. The number of guanidine groups is 1. The van der Waals surface area contributed by atoms with E-state index in [0.717, 1.165) is 43.1 Å². The van der Waals surface area contributed by atoms with Crippen LogP contribution in [0.1, 0.15) is 24.5 Å². The fourth-order valence-electron chi connectivity index (χ4n) is 2.19. The molecule has 0 radical (unpaired) electrons. The van der Waals surface area contributed by atoms with E-state index >= 15 is 0 Å². The van der Waals surface area contributed by atoms with Gasteiger partial charge in [0.15, 0.2) is 5.96 Å². The highest BCUT2D eigenvalue weighted by atomic mass is 127. The second-order valence-electron chi connectivity index (χ2n) is 5.60. The number of nitrogens with zero attached hydrogens (tertiary/aromatic N) is 1. The van der Waals surface area contributed by atoms with Crippen LogP contribution >= 0.6 is 24.0 Å². The molecule has 0 amide bonds. The molecule has 6 heteroatoms. The van der Waals surface area contributed by atoms with Crippen molar-refractivity contribution in [2.45, 2.75) is 26.5 Å². The fourth-order valence-corrected chi connectivity index (χ4v) is 2.19. The Labute approximate surface area is 173 Å². The molecule has 0 aliphatic rings. The Morgan fingerprint density at radius 2 is 1.73 bits per heavy atom. The van der Waals surface area contributed by atoms with Gasteiger partial charge >= 0.3 is 0 Å². The summed E-state index contributed by atoms with van der Waals surface area (Å²) in [5.41, 5.74) is 8.09. The van der Waals surface area contributed by atoms with Gasteiger partial charge in [0.25, 0.3) is 0 Å². The summed E-state index contributed by atoms with van der Waals surface area (Å²) in [6.07, 6.45) is 0.917. The number of hydrogen-bond donors (Lipinski definition) is 2. The summed E-state index contributed by atoms with van der Waals surface area (Å²) >= 11 is 0. The molecule has 0 fully saturated rings. The Kier molecular flexibility index (Phi) is 11.5. The lowest BCUT2D eigenvalue weighted by Crippen LogP contribution is -2.32. The molecule has 0 aliphatic heterocycles. The number of halogens is 1. The van der Waals surface area contributed by atoms with Crippen LogP contribution in [0.4, 0.5) is 0 Å². The minimum absolute atomic E-state index is 0. The van der Waals surface area contributed by atoms with Crippen molar-refractivity contribution in [2.75, 3.05) is 19.8 Å². The third-order valence-corrected chi connectivity index (χ3v) is 3.58. The first-order valence-electron chi connectivity index (χ1n) is 8.65. The molecular weight excluding hydrogens is 441 g/mol. The van der Waals surface area contributed by atoms with Crippen molar-refractivity contribution in [3.8, 4) is 5.75 Å². The lowest BCUT2D eigenvalue weighted by atomic mass is 10.1. The van der Waals surface area contributed by atoms with Gasteiger partial charge in [-0.2, -0.15) is 0 Å². The van der Waals surface area contributed by atoms with E-state index < -0.39 is 0 Å². The number of benzene rings is 2. The van der Waals surface area contributed by atoms with Crippen LogP contribution in [0.25, 0.3) is 0 Å². The highest BCUT2D eigenvalue weighted by Gasteiger charge is 1.98. The summed E-state index contributed by atoms with van der Waals surface area (Å²) in [5.74, 6) is 1.34. The van der Waals surface area contributed by atoms with E-state index in [2.05, 4.69) is 34.6 Å². The first-order chi connectivity index (χ1) is 12.3. The van der Waals surface area contributed by atoms with Crippen LogP contribution in [0.3, 0.4) is 0 Å². The number of nitrogens with one attached hydrogen (secondary N) is 1. The maximum atomic E-state index is 5.86. The Morgan fingerprint density at radius 1 is 1.04 bits per heavy atom. The van der Waals surface area contributed by atoms with Crippen molar-refractivity contribution in [3.63, 3.8) is 0 Å². The summed E-state index contributed by atoms with van der Waals surface area (Å²) in [6, 6.07) is 18.0. The molecule has 5 nitrogen and oxygen atoms in total. The van der Waals surface area contributed by atoms with Crippen molar-refractivity contribution in [2.24, 2.45) is 10.7 Å². The number of ether oxygens (including phenoxy) is 2. The molecule has 0 saturated carbocycles. The maximum Gasteiger partial charge on any atom is 0.188 e. The average molecular weight is 469 g/mol. The smallest absolute Gasteiger partial charge is 0.188 e. The summed E-state index contributed by atoms with van der Waals surface area (Å²) < 4.78 is 11.0. The van der Waals surface area contributed by atoms with E-state index in [9.17, 15) is 0 Å². The van der Waals surface area contributed by atoms with E-state index in [1.807, 2.05) is 37.3 Å². The molecule has 2 aromatic rings. The lowest BCUT2D eigenvalue weighted by molar-refractivity contribution is 0.145. The van der Waals surface area contributed by atoms with Crippen LogP contribution in [-0.4, -0.2) is 25.7 Å². The Bertz CT molecular complexity index is 633. The van der Waals surface area contributed by atoms with Crippen LogP contribution < -0.4 is 15.8 Å². The normalized spacial score (nSPS) is 10.9. The Balaban J connectivity index is 0.00000338. The quantitative estimate of drug-likeness (QED) is 0.241. The van der Waals surface area contributed by atoms with E-state index in [1.54, 1.807) is 0 Å². The van der Waals surface area contributed by atoms with E-state index in [1.165, 1.54) is 0 Å². The topological polar surface area (TPSA) is 68.9 Å². The van der Waals surface area contributed by atoms with Gasteiger partial charge in [0.05, 0.1) is 6.54 Å². The molecule has 0 heterocycles. The van der Waals surface area contributed by atoms with Gasteiger partial charge in [-0.1, -0.05) is 42.5 Å². The molecule has 2 aromatic carbocycles. The second-order valence-corrected chi connectivity index (χ2v) is 5.60. The van der Waals surface area contributed by atoms with Crippen LogP contribution in [-0.2, 0) is 17.9 Å². The third kappa shape index (κ3) is 9.05. The zero-order valence-electron chi connectivity index (χ0n) is 15.2. The monoisotopic (exact) mass is 469 g/mol. The first-order valence-corrected chi connectivity index (χ1v) is 8.65. The number of rotatable bonds is 10. The summed E-state index contributed by atoms with van der Waals surface area (Å²) in [7, 11) is 0. The predicted molar refractivity (Wildman–Crippen MR) is 117 cm³/mol. The largest absolute Gasteiger partial charge is 0.489 e. The zero-order chi connectivity index (χ0) is 17.7. The molecule has 0 aliphatic carbocycles. The number of para-hydroxylation sites is 1. The Morgan fingerprint density at radius 3 is 2.42 bits per heavy atom. The molecule has 142 valence electrons. The molecular formula is C20H28IN3O2. The zero-order valence-corrected chi connectivity index (χ0v) is 17.5. The molecule has 0 bridgehead atoms. The highest BCUT2D eigenvalue weighted by molar-refractivity contribution is 14.0. The van der Waals surface area contributed by atoms with Crippen molar-refractivity contribution >= 4 is 29.9 Å². The van der Waals surface area contributed by atoms with Crippen LogP contribution in [0.2, 0.25) is 0 Å². The highest BCUT2D eigenvalue weighted by Crippen LogP contribution is 2.12. The minimum atomic E-state index is 0. The number of nitrogens with two attached hydrogens (primary N) is 1. The minimum Gasteiger partial charge on any atom is -0.489 e.